The van der Waals surface area contributed by atoms with Crippen LogP contribution in [0.3, 0.4) is 0 Å². The monoisotopic (exact) mass is 676 g/mol. The van der Waals surface area contributed by atoms with Gasteiger partial charge < -0.3 is 30.1 Å². The third-order valence-electron chi connectivity index (χ3n) is 8.17. The predicted octanol–water partition coefficient (Wildman–Crippen LogP) is 5.95. The van der Waals surface area contributed by atoms with Crippen LogP contribution < -0.4 is 25.2 Å². The van der Waals surface area contributed by atoms with Crippen molar-refractivity contribution in [3.63, 3.8) is 0 Å². The molecule has 244 valence electrons. The lowest BCUT2D eigenvalue weighted by Gasteiger charge is -2.37. The smallest absolute Gasteiger partial charge is 0.267 e. The zero-order valence-electron chi connectivity index (χ0n) is 26.0. The number of rotatable bonds is 9. The third-order valence-corrected chi connectivity index (χ3v) is 9.40. The van der Waals surface area contributed by atoms with Crippen LogP contribution in [-0.2, 0) is 4.79 Å². The molecule has 14 heteroatoms. The Kier molecular flexibility index (Phi) is 9.55. The summed E-state index contributed by atoms with van der Waals surface area (Å²) in [7, 11) is 1.55. The number of hydrogen-bond acceptors (Lipinski definition) is 10. The largest absolute Gasteiger partial charge is 0.493 e. The van der Waals surface area contributed by atoms with Crippen LogP contribution >= 0.6 is 22.9 Å². The Morgan fingerprint density at radius 2 is 1.91 bits per heavy atom. The number of benzene rings is 1. The minimum absolute atomic E-state index is 0.0904. The van der Waals surface area contributed by atoms with Crippen LogP contribution in [0.4, 0.5) is 32.5 Å². The standard InChI is InChI=1S/C33H34ClFN8O3S/c1-4-28(44)41-12-14-42(15-13-41)31-25(43-11-10-22(35)19-43)16-21(17-36-31)24-8-9-26(46-3)30(38-24)40-33-37-18-27(47-33)32(45)39-29-20(2)6-5-7-23(29)34/h4-9,16-18,22H,1,10-15,19H2,2-3H3,(H,39,45)(H,37,38,40)/t22-/m0/s1. The first-order valence-electron chi connectivity index (χ1n) is 15.1. The molecule has 0 spiro atoms. The first-order valence-corrected chi connectivity index (χ1v) is 16.3. The van der Waals surface area contributed by atoms with Gasteiger partial charge in [0.1, 0.15) is 11.0 Å². The summed E-state index contributed by atoms with van der Waals surface area (Å²) in [5.74, 6) is 1.23. The molecule has 47 heavy (non-hydrogen) atoms. The van der Waals surface area contributed by atoms with Gasteiger partial charge in [0, 0.05) is 51.0 Å². The molecule has 0 radical (unpaired) electrons. The molecule has 5 heterocycles. The minimum atomic E-state index is -0.914. The average Bonchev–Trinajstić information content (AvgIpc) is 3.75. The molecule has 3 aromatic heterocycles. The number of hydrogen-bond donors (Lipinski definition) is 2. The molecule has 0 aliphatic carbocycles. The number of aromatic nitrogens is 3. The van der Waals surface area contributed by atoms with Gasteiger partial charge in [0.15, 0.2) is 22.5 Å². The third kappa shape index (κ3) is 7.00. The molecular formula is C33H34ClFN8O3S. The van der Waals surface area contributed by atoms with E-state index in [1.807, 2.05) is 36.1 Å². The number of nitrogens with zero attached hydrogens (tertiary/aromatic N) is 6. The number of aryl methyl sites for hydroxylation is 1. The summed E-state index contributed by atoms with van der Waals surface area (Å²) in [6, 6.07) is 11.0. The van der Waals surface area contributed by atoms with Crippen LogP contribution in [0.15, 0.2) is 61.4 Å². The second-order valence-electron chi connectivity index (χ2n) is 11.2. The number of para-hydroxylation sites is 1. The number of ether oxygens (including phenoxy) is 1. The number of methoxy groups -OCH3 is 1. The maximum absolute atomic E-state index is 14.4. The van der Waals surface area contributed by atoms with Crippen molar-refractivity contribution in [1.29, 1.82) is 0 Å². The molecule has 2 aliphatic rings. The van der Waals surface area contributed by atoms with Crippen LogP contribution in [0, 0.1) is 6.92 Å². The van der Waals surface area contributed by atoms with Gasteiger partial charge >= 0.3 is 0 Å². The number of nitrogens with one attached hydrogen (secondary N) is 2. The zero-order valence-corrected chi connectivity index (χ0v) is 27.6. The van der Waals surface area contributed by atoms with Crippen molar-refractivity contribution in [3.8, 4) is 17.0 Å². The zero-order chi connectivity index (χ0) is 33.1. The van der Waals surface area contributed by atoms with Crippen LogP contribution in [0.25, 0.3) is 11.3 Å². The van der Waals surface area contributed by atoms with E-state index in [1.54, 1.807) is 30.3 Å². The van der Waals surface area contributed by atoms with Gasteiger partial charge in [-0.05, 0) is 49.2 Å². The van der Waals surface area contributed by atoms with E-state index in [0.717, 1.165) is 22.6 Å². The highest BCUT2D eigenvalue weighted by molar-refractivity contribution is 7.17. The normalized spacial score (nSPS) is 16.3. The summed E-state index contributed by atoms with van der Waals surface area (Å²) in [5.41, 5.74) is 3.59. The van der Waals surface area contributed by atoms with E-state index < -0.39 is 6.17 Å². The van der Waals surface area contributed by atoms with Gasteiger partial charge in [-0.3, -0.25) is 9.59 Å². The summed E-state index contributed by atoms with van der Waals surface area (Å²) in [4.78, 5) is 45.5. The van der Waals surface area contributed by atoms with Crippen molar-refractivity contribution in [3.05, 3.63) is 76.9 Å². The van der Waals surface area contributed by atoms with Crippen molar-refractivity contribution < 1.29 is 18.7 Å². The Morgan fingerprint density at radius 1 is 1.11 bits per heavy atom. The van der Waals surface area contributed by atoms with Gasteiger partial charge in [-0.2, -0.15) is 0 Å². The van der Waals surface area contributed by atoms with Crippen LogP contribution in [0.5, 0.6) is 5.75 Å². The summed E-state index contributed by atoms with van der Waals surface area (Å²) in [6.45, 7) is 8.63. The van der Waals surface area contributed by atoms with E-state index >= 15 is 0 Å². The summed E-state index contributed by atoms with van der Waals surface area (Å²) < 4.78 is 19.9. The number of anilines is 5. The van der Waals surface area contributed by atoms with E-state index in [4.69, 9.17) is 26.3 Å². The van der Waals surface area contributed by atoms with Gasteiger partial charge in [-0.15, -0.1) is 0 Å². The quantitative estimate of drug-likeness (QED) is 0.208. The molecule has 2 aliphatic heterocycles. The fraction of sp³-hybridized carbons (Fsp3) is 0.303. The molecular weight excluding hydrogens is 643 g/mol. The number of carbonyl (C=O) groups excluding carboxylic acids is 2. The number of halogens is 2. The average molecular weight is 677 g/mol. The first kappa shape index (κ1) is 32.2. The lowest BCUT2D eigenvalue weighted by Crippen LogP contribution is -2.49. The molecule has 2 amide bonds. The minimum Gasteiger partial charge on any atom is -0.493 e. The lowest BCUT2D eigenvalue weighted by molar-refractivity contribution is -0.126. The molecule has 0 unspecified atom stereocenters. The first-order chi connectivity index (χ1) is 22.7. The van der Waals surface area contributed by atoms with E-state index in [-0.39, 0.29) is 18.4 Å². The molecule has 0 bridgehead atoms. The lowest BCUT2D eigenvalue weighted by atomic mass is 10.1. The Labute approximate surface area is 281 Å². The van der Waals surface area contributed by atoms with E-state index in [2.05, 4.69) is 27.1 Å². The van der Waals surface area contributed by atoms with Crippen LogP contribution in [-0.4, -0.2) is 84.2 Å². The van der Waals surface area contributed by atoms with Crippen molar-refractivity contribution in [1.82, 2.24) is 19.9 Å². The summed E-state index contributed by atoms with van der Waals surface area (Å²) in [6.07, 6.45) is 4.11. The predicted molar refractivity (Wildman–Crippen MR) is 184 cm³/mol. The molecule has 2 N–H and O–H groups in total. The fourth-order valence-electron chi connectivity index (χ4n) is 5.63. The number of amides is 2. The van der Waals surface area contributed by atoms with Gasteiger partial charge in [0.05, 0.1) is 35.4 Å². The number of piperazine rings is 1. The number of carbonyl (C=O) groups is 2. The highest BCUT2D eigenvalue weighted by Crippen LogP contribution is 2.37. The fourth-order valence-corrected chi connectivity index (χ4v) is 6.61. The van der Waals surface area contributed by atoms with Crippen molar-refractivity contribution in [2.75, 3.05) is 66.8 Å². The second kappa shape index (κ2) is 13.9. The molecule has 0 saturated carbocycles. The maximum atomic E-state index is 14.4. The van der Waals surface area contributed by atoms with Crippen molar-refractivity contribution >= 4 is 62.9 Å². The molecule has 6 rings (SSSR count). The Hall–Kier alpha value is -4.75. The topological polar surface area (TPSA) is 116 Å². The highest BCUT2D eigenvalue weighted by Gasteiger charge is 2.29. The highest BCUT2D eigenvalue weighted by atomic mass is 35.5. The molecule has 1 aromatic carbocycles. The Bertz CT molecular complexity index is 1790. The van der Waals surface area contributed by atoms with Crippen molar-refractivity contribution in [2.45, 2.75) is 19.5 Å². The van der Waals surface area contributed by atoms with Gasteiger partial charge in [0.2, 0.25) is 5.91 Å². The number of thiazole rings is 1. The molecule has 2 fully saturated rings. The van der Waals surface area contributed by atoms with Crippen LogP contribution in [0.2, 0.25) is 5.02 Å². The second-order valence-corrected chi connectivity index (χ2v) is 12.6. The molecule has 1 atom stereocenters. The van der Waals surface area contributed by atoms with Gasteiger partial charge in [0.25, 0.3) is 5.91 Å². The van der Waals surface area contributed by atoms with E-state index in [9.17, 15) is 14.0 Å². The van der Waals surface area contributed by atoms with E-state index in [0.29, 0.717) is 77.1 Å². The van der Waals surface area contributed by atoms with Crippen LogP contribution in [0.1, 0.15) is 21.7 Å². The Balaban J connectivity index is 1.25. The summed E-state index contributed by atoms with van der Waals surface area (Å²) in [5, 5.41) is 6.96. The Morgan fingerprint density at radius 3 is 2.62 bits per heavy atom. The number of pyridine rings is 2. The number of alkyl halides is 1. The molecule has 4 aromatic rings. The van der Waals surface area contributed by atoms with Crippen molar-refractivity contribution in [2.24, 2.45) is 0 Å². The molecule has 2 saturated heterocycles. The summed E-state index contributed by atoms with van der Waals surface area (Å²) >= 11 is 7.46. The van der Waals surface area contributed by atoms with Gasteiger partial charge in [-0.25, -0.2) is 19.3 Å². The SMILES string of the molecule is C=CC(=O)N1CCN(c2ncc(-c3ccc(OC)c(Nc4ncc(C(=O)Nc5c(C)cccc5Cl)s4)n3)cc2N2CC[C@H](F)C2)CC1. The van der Waals surface area contributed by atoms with E-state index in [1.165, 1.54) is 23.6 Å². The van der Waals surface area contributed by atoms with Gasteiger partial charge in [-0.1, -0.05) is 41.6 Å². The maximum Gasteiger partial charge on any atom is 0.267 e. The molecule has 11 nitrogen and oxygen atoms in total.